The van der Waals surface area contributed by atoms with E-state index in [1.807, 2.05) is 48.2 Å². The first kappa shape index (κ1) is 20.3. The number of thiazole rings is 1. The van der Waals surface area contributed by atoms with E-state index < -0.39 is 0 Å². The number of hydrogen-bond acceptors (Lipinski definition) is 7. The van der Waals surface area contributed by atoms with Crippen molar-refractivity contribution in [3.05, 3.63) is 42.0 Å². The molecule has 8 heteroatoms. The van der Waals surface area contributed by atoms with Crippen molar-refractivity contribution in [1.82, 2.24) is 9.88 Å². The average molecular weight is 428 g/mol. The lowest BCUT2D eigenvalue weighted by Crippen LogP contribution is -2.50. The molecule has 0 aliphatic carbocycles. The Labute approximate surface area is 179 Å². The summed E-state index contributed by atoms with van der Waals surface area (Å²) in [5.41, 5.74) is 1.97. The molecule has 2 aromatic carbocycles. The number of ether oxygens (including phenoxy) is 3. The van der Waals surface area contributed by atoms with Crippen LogP contribution < -0.4 is 19.1 Å². The number of rotatable bonds is 6. The third kappa shape index (κ3) is 4.14. The first-order chi connectivity index (χ1) is 14.6. The molecule has 30 heavy (non-hydrogen) atoms. The van der Waals surface area contributed by atoms with Gasteiger partial charge in [-0.3, -0.25) is 4.79 Å². The number of aryl methyl sites for hydroxylation is 1. The van der Waals surface area contributed by atoms with Crippen molar-refractivity contribution < 1.29 is 19.0 Å². The summed E-state index contributed by atoms with van der Waals surface area (Å²) in [7, 11) is 3.30. The second-order valence-corrected chi connectivity index (χ2v) is 8.09. The van der Waals surface area contributed by atoms with Crippen LogP contribution in [0.1, 0.15) is 5.56 Å². The molecule has 0 spiro atoms. The predicted molar refractivity (Wildman–Crippen MR) is 118 cm³/mol. The number of anilines is 1. The molecular weight excluding hydrogens is 402 g/mol. The fourth-order valence-corrected chi connectivity index (χ4v) is 4.55. The summed E-state index contributed by atoms with van der Waals surface area (Å²) in [6, 6.07) is 11.5. The Morgan fingerprint density at radius 2 is 1.67 bits per heavy atom. The van der Waals surface area contributed by atoms with E-state index in [9.17, 15) is 4.79 Å². The molecule has 1 amide bonds. The molecule has 1 fully saturated rings. The number of amides is 1. The lowest BCUT2D eigenvalue weighted by molar-refractivity contribution is -0.133. The topological polar surface area (TPSA) is 64.1 Å². The minimum atomic E-state index is 0.00265. The molecule has 0 bridgehead atoms. The summed E-state index contributed by atoms with van der Waals surface area (Å²) in [5.74, 6) is 2.24. The molecule has 0 radical (unpaired) electrons. The molecule has 0 N–H and O–H groups in total. The predicted octanol–water partition coefficient (Wildman–Crippen LogP) is 3.35. The highest BCUT2D eigenvalue weighted by Crippen LogP contribution is 2.40. The van der Waals surface area contributed by atoms with Crippen LogP contribution in [-0.4, -0.2) is 62.8 Å². The maximum atomic E-state index is 12.5. The normalized spacial score (nSPS) is 14.1. The largest absolute Gasteiger partial charge is 0.495 e. The van der Waals surface area contributed by atoms with Crippen LogP contribution in [0.15, 0.2) is 36.4 Å². The molecule has 7 nitrogen and oxygen atoms in total. The standard InChI is InChI=1S/C22H25N3O4S/c1-15-4-6-16(7-5-15)29-14-19(26)24-10-12-25(13-11-24)22-23-20-17(27-2)8-9-18(28-3)21(20)30-22/h4-9H,10-14H2,1-3H3. The maximum Gasteiger partial charge on any atom is 0.260 e. The molecule has 1 saturated heterocycles. The van der Waals surface area contributed by atoms with Crippen molar-refractivity contribution in [3.8, 4) is 17.2 Å². The van der Waals surface area contributed by atoms with Gasteiger partial charge in [0.1, 0.15) is 27.5 Å². The summed E-state index contributed by atoms with van der Waals surface area (Å²) < 4.78 is 17.5. The van der Waals surface area contributed by atoms with Gasteiger partial charge in [0.15, 0.2) is 11.7 Å². The SMILES string of the molecule is COc1ccc(OC)c2sc(N3CCN(C(=O)COc4ccc(C)cc4)CC3)nc12. The number of piperazine rings is 1. The number of benzene rings is 2. The molecule has 0 unspecified atom stereocenters. The van der Waals surface area contributed by atoms with E-state index in [0.29, 0.717) is 18.8 Å². The number of methoxy groups -OCH3 is 2. The van der Waals surface area contributed by atoms with Gasteiger partial charge in [-0.25, -0.2) is 4.98 Å². The number of carbonyl (C=O) groups excluding carboxylic acids is 1. The van der Waals surface area contributed by atoms with E-state index in [4.69, 9.17) is 19.2 Å². The highest BCUT2D eigenvalue weighted by Gasteiger charge is 2.24. The zero-order valence-electron chi connectivity index (χ0n) is 17.4. The molecule has 3 aromatic rings. The highest BCUT2D eigenvalue weighted by atomic mass is 32.1. The molecular formula is C22H25N3O4S. The monoisotopic (exact) mass is 427 g/mol. The van der Waals surface area contributed by atoms with Gasteiger partial charge in [0, 0.05) is 26.2 Å². The van der Waals surface area contributed by atoms with E-state index in [1.165, 1.54) is 0 Å². The van der Waals surface area contributed by atoms with Crippen LogP contribution in [0.3, 0.4) is 0 Å². The van der Waals surface area contributed by atoms with Crippen molar-refractivity contribution in [1.29, 1.82) is 0 Å². The van der Waals surface area contributed by atoms with Crippen molar-refractivity contribution in [3.63, 3.8) is 0 Å². The summed E-state index contributed by atoms with van der Waals surface area (Å²) in [6.45, 7) is 4.80. The van der Waals surface area contributed by atoms with E-state index >= 15 is 0 Å². The highest BCUT2D eigenvalue weighted by molar-refractivity contribution is 7.22. The zero-order chi connectivity index (χ0) is 21.1. The Hall–Kier alpha value is -3.00. The molecule has 158 valence electrons. The van der Waals surface area contributed by atoms with Gasteiger partial charge >= 0.3 is 0 Å². The fourth-order valence-electron chi connectivity index (χ4n) is 3.43. The minimum Gasteiger partial charge on any atom is -0.495 e. The lowest BCUT2D eigenvalue weighted by Gasteiger charge is -2.34. The smallest absolute Gasteiger partial charge is 0.260 e. The van der Waals surface area contributed by atoms with Gasteiger partial charge in [0.2, 0.25) is 0 Å². The van der Waals surface area contributed by atoms with Crippen LogP contribution in [0.4, 0.5) is 5.13 Å². The quantitative estimate of drug-likeness (QED) is 0.601. The van der Waals surface area contributed by atoms with Crippen LogP contribution in [-0.2, 0) is 4.79 Å². The third-order valence-electron chi connectivity index (χ3n) is 5.19. The average Bonchev–Trinajstić information content (AvgIpc) is 3.23. The Bertz CT molecular complexity index is 986. The molecule has 2 heterocycles. The molecule has 1 aromatic heterocycles. The van der Waals surface area contributed by atoms with Gasteiger partial charge in [0.25, 0.3) is 5.91 Å². The zero-order valence-corrected chi connectivity index (χ0v) is 18.2. The Morgan fingerprint density at radius 1 is 1.00 bits per heavy atom. The second-order valence-electron chi connectivity index (χ2n) is 7.11. The number of carbonyl (C=O) groups is 1. The van der Waals surface area contributed by atoms with Crippen molar-refractivity contribution in [2.45, 2.75) is 6.92 Å². The van der Waals surface area contributed by atoms with E-state index in [-0.39, 0.29) is 12.5 Å². The Balaban J connectivity index is 1.38. The third-order valence-corrected chi connectivity index (χ3v) is 6.32. The van der Waals surface area contributed by atoms with Crippen LogP contribution in [0.25, 0.3) is 10.2 Å². The van der Waals surface area contributed by atoms with Gasteiger partial charge in [-0.2, -0.15) is 0 Å². The van der Waals surface area contributed by atoms with E-state index in [0.717, 1.165) is 45.5 Å². The minimum absolute atomic E-state index is 0.00265. The number of hydrogen-bond donors (Lipinski definition) is 0. The summed E-state index contributed by atoms with van der Waals surface area (Å²) in [6.07, 6.45) is 0. The molecule has 1 aliphatic heterocycles. The van der Waals surface area contributed by atoms with Crippen LogP contribution in [0, 0.1) is 6.92 Å². The van der Waals surface area contributed by atoms with Crippen LogP contribution >= 0.6 is 11.3 Å². The van der Waals surface area contributed by atoms with Gasteiger partial charge in [-0.1, -0.05) is 29.0 Å². The molecule has 0 atom stereocenters. The summed E-state index contributed by atoms with van der Waals surface area (Å²) >= 11 is 1.58. The lowest BCUT2D eigenvalue weighted by atomic mass is 10.2. The number of fused-ring (bicyclic) bond motifs is 1. The Kier molecular flexibility index (Phi) is 5.94. The number of nitrogens with zero attached hydrogens (tertiary/aromatic N) is 3. The van der Waals surface area contributed by atoms with Gasteiger partial charge in [0.05, 0.1) is 14.2 Å². The first-order valence-corrected chi connectivity index (χ1v) is 10.6. The fraction of sp³-hybridized carbons (Fsp3) is 0.364. The van der Waals surface area contributed by atoms with Gasteiger partial charge in [-0.15, -0.1) is 0 Å². The summed E-state index contributed by atoms with van der Waals surface area (Å²) in [4.78, 5) is 21.4. The maximum absolute atomic E-state index is 12.5. The van der Waals surface area contributed by atoms with Gasteiger partial charge in [-0.05, 0) is 31.2 Å². The van der Waals surface area contributed by atoms with Crippen molar-refractivity contribution >= 4 is 32.6 Å². The Morgan fingerprint density at radius 3 is 2.33 bits per heavy atom. The summed E-state index contributed by atoms with van der Waals surface area (Å²) in [5, 5.41) is 0.913. The van der Waals surface area contributed by atoms with E-state index in [2.05, 4.69) is 4.90 Å². The first-order valence-electron chi connectivity index (χ1n) is 9.82. The van der Waals surface area contributed by atoms with Crippen LogP contribution in [0.2, 0.25) is 0 Å². The van der Waals surface area contributed by atoms with E-state index in [1.54, 1.807) is 25.6 Å². The molecule has 4 rings (SSSR count). The molecule has 1 aliphatic rings. The van der Waals surface area contributed by atoms with Crippen molar-refractivity contribution in [2.75, 3.05) is 51.9 Å². The molecule has 0 saturated carbocycles. The second kappa shape index (κ2) is 8.79. The number of aromatic nitrogens is 1. The van der Waals surface area contributed by atoms with Crippen molar-refractivity contribution in [2.24, 2.45) is 0 Å². The van der Waals surface area contributed by atoms with Crippen LogP contribution in [0.5, 0.6) is 17.2 Å². The van der Waals surface area contributed by atoms with Gasteiger partial charge < -0.3 is 24.0 Å².